The Balaban J connectivity index is 0.00000106. The number of carbonyl (C=O) groups excluding carboxylic acids is 1. The number of hydrogen-bond donors (Lipinski definition) is 15. The van der Waals surface area contributed by atoms with E-state index in [1.807, 2.05) is 0 Å². The van der Waals surface area contributed by atoms with Crippen molar-refractivity contribution in [3.8, 4) is 0 Å². The number of carbonyl (C=O) groups is 7. The predicted octanol–water partition coefficient (Wildman–Crippen LogP) is 1.27. The molecular formula is C40H57N33O15S2. The zero-order valence-electron chi connectivity index (χ0n) is 46.3. The summed E-state index contributed by atoms with van der Waals surface area (Å²) in [4.78, 5) is 105. The minimum absolute atomic E-state index is 0.00556. The molecule has 5 heterocycles. The lowest BCUT2D eigenvalue weighted by Crippen LogP contribution is -2.46. The maximum atomic E-state index is 10.9. The molecule has 0 aromatic carbocycles. The second-order valence-corrected chi connectivity index (χ2v) is 18.5. The molecule has 0 aliphatic heterocycles. The van der Waals surface area contributed by atoms with Crippen LogP contribution < -0.4 is 45.0 Å². The van der Waals surface area contributed by atoms with Gasteiger partial charge in [0.1, 0.15) is 48.3 Å². The fraction of sp³-hybridized carbons (Fsp3) is 0.475. The summed E-state index contributed by atoms with van der Waals surface area (Å²) in [6.07, 6.45) is 4.67. The molecule has 5 aromatic rings. The molecule has 6 atom stereocenters. The number of carboxylic acid groups (broad SMARTS) is 6. The Morgan fingerprint density at radius 1 is 0.533 bits per heavy atom. The molecule has 0 fully saturated rings. The molecule has 0 aliphatic rings. The van der Waals surface area contributed by atoms with Crippen molar-refractivity contribution in [2.45, 2.75) is 101 Å². The van der Waals surface area contributed by atoms with Crippen LogP contribution in [0.4, 0.5) is 4.79 Å². The van der Waals surface area contributed by atoms with Gasteiger partial charge in [0, 0.05) is 84.8 Å². The number of H-pyrrole nitrogens is 1. The number of nitrogens with one attached hydrogen (secondary N) is 3. The SMILES string of the molecule is [N-]=[N+]=NCCNC(=O)NC[C@H](N)C(=O)O.[N-]=[N+]=NCc1cnc(C[C@H](N)C(=O)O)o1.[N-]=[N+]=NCc1cnc(C[C@H](N)C(=O)O)s1.[N-]=[N+]=NCc1coc(C[C@H](N)C(=O)O)n1.[N-]=[N+]=NCc1csc(C[C@H](N)C(=O)O)n1.[N-]=[N+]=NCc1n[nH]nc1C[C@H](N)C(=O)O. The Labute approximate surface area is 509 Å². The van der Waals surface area contributed by atoms with Gasteiger partial charge >= 0.3 is 41.8 Å². The van der Waals surface area contributed by atoms with E-state index in [1.54, 1.807) is 11.6 Å². The van der Waals surface area contributed by atoms with Gasteiger partial charge in [0.2, 0.25) is 0 Å². The number of aromatic amines is 1. The smallest absolute Gasteiger partial charge is 0.322 e. The van der Waals surface area contributed by atoms with Crippen LogP contribution in [0.1, 0.15) is 55.2 Å². The van der Waals surface area contributed by atoms with E-state index in [2.05, 4.69) is 106 Å². The minimum atomic E-state index is -1.19. The van der Waals surface area contributed by atoms with Crippen molar-refractivity contribution in [3.05, 3.63) is 142 Å². The van der Waals surface area contributed by atoms with Crippen LogP contribution in [0.15, 0.2) is 63.6 Å². The van der Waals surface area contributed by atoms with E-state index >= 15 is 0 Å². The molecule has 0 bridgehead atoms. The van der Waals surface area contributed by atoms with E-state index in [1.165, 1.54) is 35.1 Å². The first kappa shape index (κ1) is 78.5. The average molecular weight is 1300 g/mol. The molecule has 48 nitrogen and oxygen atoms in total. The second-order valence-electron chi connectivity index (χ2n) is 16.3. The molecule has 5 rings (SSSR count). The molecule has 90 heavy (non-hydrogen) atoms. The summed E-state index contributed by atoms with van der Waals surface area (Å²) in [5, 5.41) is 88.3. The standard InChI is InChI=1S/2C7H9N5O3.2C7H9N5O2S.C6H9N7O2.C6H12N6O3/c8-5(7(13)14)1-6-11-4(3-15-6)2-10-12-9;8-5(7(13)14)1-6-10-2-4(15-6)3-11-12-9;8-5(7(13)14)1-6-11-4(3-15-6)2-10-12-9;8-5(7(13)14)1-6-10-2-4(15-6)3-11-12-9;7-3(6(14)15)1-4-5(2-9-12-8)11-13-10-4;7-4(5(13)14)3-10-6(15)9-1-2-11-12-8/h3,5H,1-2,8H2,(H,13,14);2,5H,1,3,8H2,(H,13,14);3,5H,1-2,8H2,(H,13,14);2,5H,1,3,8H2,(H,13,14);3H,1-2,7H2,(H,14,15)(H,10,11,13);4H,1-3,7H2,(H,13,14)(H2,9,10,15)/t4*5-;3-;4-/m000000/s1. The normalized spacial score (nSPS) is 11.7. The third-order valence-electron chi connectivity index (χ3n) is 9.50. The van der Waals surface area contributed by atoms with Crippen molar-refractivity contribution in [2.24, 2.45) is 65.1 Å². The van der Waals surface area contributed by atoms with E-state index in [9.17, 15) is 33.6 Å². The Morgan fingerprint density at radius 3 is 1.57 bits per heavy atom. The molecule has 0 aliphatic carbocycles. The number of aromatic nitrogens is 7. The largest absolute Gasteiger partial charge is 0.480 e. The fourth-order valence-electron chi connectivity index (χ4n) is 5.15. The molecule has 5 aromatic heterocycles. The van der Waals surface area contributed by atoms with Gasteiger partial charge in [-0.1, -0.05) is 30.7 Å². The highest BCUT2D eigenvalue weighted by Gasteiger charge is 2.20. The Morgan fingerprint density at radius 2 is 1.01 bits per heavy atom. The molecule has 0 spiro atoms. The Hall–Kier alpha value is -11.5. The van der Waals surface area contributed by atoms with Gasteiger partial charge in [-0.05, 0) is 33.2 Å². The number of oxazole rings is 2. The predicted molar refractivity (Wildman–Crippen MR) is 305 cm³/mol. The van der Waals surface area contributed by atoms with Crippen molar-refractivity contribution in [1.82, 2.24) is 46.0 Å². The summed E-state index contributed by atoms with van der Waals surface area (Å²) >= 11 is 2.61. The average Bonchev–Trinajstić information content (AvgIpc) is 4.52. The first-order valence-corrected chi connectivity index (χ1v) is 26.0. The van der Waals surface area contributed by atoms with E-state index in [4.69, 9.17) is 107 Å². The van der Waals surface area contributed by atoms with Crippen LogP contribution in [-0.4, -0.2) is 164 Å². The minimum Gasteiger partial charge on any atom is -0.480 e. The third-order valence-corrected chi connectivity index (χ3v) is 11.4. The number of thiazole rings is 2. The topological polar surface area (TPSA) is 833 Å². The van der Waals surface area contributed by atoms with Gasteiger partial charge in [-0.2, -0.15) is 15.4 Å². The monoisotopic (exact) mass is 1300 g/mol. The van der Waals surface area contributed by atoms with Crippen molar-refractivity contribution in [3.63, 3.8) is 0 Å². The number of azide groups is 6. The summed E-state index contributed by atoms with van der Waals surface area (Å²) in [5.41, 5.74) is 81.9. The first-order valence-electron chi connectivity index (χ1n) is 24.3. The summed E-state index contributed by atoms with van der Waals surface area (Å²) in [7, 11) is 0. The number of hydrogen-bond acceptors (Lipinski definition) is 29. The van der Waals surface area contributed by atoms with Gasteiger partial charge in [-0.3, -0.25) is 28.8 Å². The maximum Gasteiger partial charge on any atom is 0.322 e. The van der Waals surface area contributed by atoms with Crippen molar-refractivity contribution < 1.29 is 73.0 Å². The van der Waals surface area contributed by atoms with E-state index < -0.39 is 78.1 Å². The number of urea groups is 1. The summed E-state index contributed by atoms with van der Waals surface area (Å²) < 4.78 is 10.0. The molecule has 50 heteroatoms. The lowest BCUT2D eigenvalue weighted by atomic mass is 10.1. The quantitative estimate of drug-likeness (QED) is 0.0129. The summed E-state index contributed by atoms with van der Waals surface area (Å²) in [6.45, 7) is 0.699. The molecule has 0 radical (unpaired) electrons. The van der Waals surface area contributed by atoms with E-state index in [-0.39, 0.29) is 96.2 Å². The number of carboxylic acids is 6. The molecule has 0 unspecified atom stereocenters. The number of amides is 2. The summed E-state index contributed by atoms with van der Waals surface area (Å²) in [6, 6.07) is -6.70. The number of aliphatic carboxylic acids is 6. The van der Waals surface area contributed by atoms with Crippen molar-refractivity contribution in [2.75, 3.05) is 19.6 Å². The van der Waals surface area contributed by atoms with Crippen LogP contribution in [0, 0.1) is 0 Å². The van der Waals surface area contributed by atoms with E-state index in [0.29, 0.717) is 38.6 Å². The van der Waals surface area contributed by atoms with Crippen LogP contribution >= 0.6 is 22.7 Å². The highest BCUT2D eigenvalue weighted by Crippen LogP contribution is 2.16. The Kier molecular flexibility index (Phi) is 40.0. The molecular weight excluding hydrogens is 1250 g/mol. The zero-order chi connectivity index (χ0) is 68.0. The number of nitrogens with two attached hydrogens (primary N) is 6. The lowest BCUT2D eigenvalue weighted by Gasteiger charge is -2.08. The Bertz CT molecular complexity index is 3080. The molecule has 0 saturated carbocycles. The fourth-order valence-corrected chi connectivity index (χ4v) is 6.89. The first-order chi connectivity index (χ1) is 42.7. The highest BCUT2D eigenvalue weighted by molar-refractivity contribution is 7.11. The highest BCUT2D eigenvalue weighted by atomic mass is 32.1. The van der Waals surface area contributed by atoms with Crippen molar-refractivity contribution >= 4 is 64.5 Å². The van der Waals surface area contributed by atoms with Crippen molar-refractivity contribution in [1.29, 1.82) is 0 Å². The molecule has 21 N–H and O–H groups in total. The van der Waals surface area contributed by atoms with Gasteiger partial charge < -0.3 is 84.5 Å². The second kappa shape index (κ2) is 45.8. The molecule has 484 valence electrons. The third kappa shape index (κ3) is 36.4. The maximum absolute atomic E-state index is 10.9. The summed E-state index contributed by atoms with van der Waals surface area (Å²) in [5.74, 6) is -5.85. The van der Waals surface area contributed by atoms with Gasteiger partial charge in [-0.15, -0.1) is 22.7 Å². The number of rotatable bonds is 31. The van der Waals surface area contributed by atoms with Crippen LogP contribution in [0.5, 0.6) is 0 Å². The van der Waals surface area contributed by atoms with Gasteiger partial charge in [0.25, 0.3) is 0 Å². The zero-order valence-corrected chi connectivity index (χ0v) is 48.0. The molecule has 2 amide bonds. The van der Waals surface area contributed by atoms with Crippen LogP contribution in [0.25, 0.3) is 62.7 Å². The van der Waals surface area contributed by atoms with Gasteiger partial charge in [-0.25, -0.2) is 24.7 Å². The van der Waals surface area contributed by atoms with Crippen LogP contribution in [-0.2, 0) is 93.6 Å². The number of nitrogens with zero attached hydrogens (tertiary/aromatic N) is 24. The lowest BCUT2D eigenvalue weighted by molar-refractivity contribution is -0.139. The van der Waals surface area contributed by atoms with Gasteiger partial charge in [0.15, 0.2) is 11.8 Å². The molecule has 0 saturated heterocycles. The van der Waals surface area contributed by atoms with E-state index in [0.717, 1.165) is 4.88 Å². The van der Waals surface area contributed by atoms with Crippen LogP contribution in [0.3, 0.4) is 0 Å². The van der Waals surface area contributed by atoms with Crippen LogP contribution in [0.2, 0.25) is 0 Å². The van der Waals surface area contributed by atoms with Gasteiger partial charge in [0.05, 0.1) is 84.6 Å².